The Hall–Kier alpha value is -0.430. The van der Waals surface area contributed by atoms with Crippen LogP contribution in [0.25, 0.3) is 0 Å². The summed E-state index contributed by atoms with van der Waals surface area (Å²) in [6, 6.07) is 10.8. The van der Waals surface area contributed by atoms with E-state index in [0.29, 0.717) is 0 Å². The minimum absolute atomic E-state index is 1.28. The lowest BCUT2D eigenvalue weighted by Crippen LogP contribution is -1.84. The molecule has 0 radical (unpaired) electrons. The van der Waals surface area contributed by atoms with Gasteiger partial charge >= 0.3 is 0 Å². The Balaban J connectivity index is 1.73. The maximum Gasteiger partial charge on any atom is 0.00719 e. The van der Waals surface area contributed by atoms with Crippen molar-refractivity contribution >= 4 is 11.8 Å². The highest BCUT2D eigenvalue weighted by Gasteiger charge is 1.95. The minimum Gasteiger partial charge on any atom is -0.126 e. The Morgan fingerprint density at radius 3 is 1.55 bits per heavy atom. The zero-order valence-corrected chi connectivity index (χ0v) is 15.5. The van der Waals surface area contributed by atoms with Gasteiger partial charge in [-0.1, -0.05) is 102 Å². The van der Waals surface area contributed by atoms with E-state index in [1.54, 1.807) is 0 Å². The van der Waals surface area contributed by atoms with Crippen molar-refractivity contribution in [3.63, 3.8) is 0 Å². The first-order valence-corrected chi connectivity index (χ1v) is 10.6. The smallest absolute Gasteiger partial charge is 0.00719 e. The van der Waals surface area contributed by atoms with Crippen LogP contribution in [0.2, 0.25) is 0 Å². The van der Waals surface area contributed by atoms with E-state index in [9.17, 15) is 0 Å². The molecule has 0 heterocycles. The zero-order valence-electron chi connectivity index (χ0n) is 14.7. The molecule has 1 rings (SSSR count). The largest absolute Gasteiger partial charge is 0.126 e. The third-order valence-electron chi connectivity index (χ3n) is 4.26. The first-order valence-electron chi connectivity index (χ1n) is 9.61. The van der Waals surface area contributed by atoms with Crippen LogP contribution in [-0.2, 0) is 0 Å². The van der Waals surface area contributed by atoms with Gasteiger partial charge in [0.05, 0.1) is 0 Å². The molecule has 0 spiro atoms. The van der Waals surface area contributed by atoms with E-state index in [-0.39, 0.29) is 0 Å². The molecule has 0 saturated heterocycles. The number of benzene rings is 1. The fraction of sp³-hybridized carbons (Fsp3) is 0.714. The predicted octanol–water partition coefficient (Wildman–Crippen LogP) is 7.87. The highest BCUT2D eigenvalue weighted by molar-refractivity contribution is 7.99. The van der Waals surface area contributed by atoms with Gasteiger partial charge in [-0.15, -0.1) is 11.8 Å². The first-order chi connectivity index (χ1) is 10.9. The summed E-state index contributed by atoms with van der Waals surface area (Å²) in [6.07, 6.45) is 18.7. The van der Waals surface area contributed by atoms with Gasteiger partial charge in [-0.2, -0.15) is 0 Å². The molecule has 0 fully saturated rings. The fourth-order valence-electron chi connectivity index (χ4n) is 2.83. The van der Waals surface area contributed by atoms with Gasteiger partial charge in [-0.05, 0) is 24.3 Å². The van der Waals surface area contributed by atoms with Gasteiger partial charge in [-0.25, -0.2) is 0 Å². The molecule has 0 unspecified atom stereocenters. The predicted molar refractivity (Wildman–Crippen MR) is 103 cm³/mol. The van der Waals surface area contributed by atoms with E-state index in [1.165, 1.54) is 94.1 Å². The summed E-state index contributed by atoms with van der Waals surface area (Å²) in [6.45, 7) is 2.29. The van der Waals surface area contributed by atoms with Crippen LogP contribution >= 0.6 is 11.8 Å². The Labute approximate surface area is 143 Å². The summed E-state index contributed by atoms with van der Waals surface area (Å²) >= 11 is 2.00. The average molecular weight is 321 g/mol. The molecule has 0 N–H and O–H groups in total. The van der Waals surface area contributed by atoms with Gasteiger partial charge < -0.3 is 0 Å². The first kappa shape index (κ1) is 19.6. The van der Waals surface area contributed by atoms with Gasteiger partial charge in [0.1, 0.15) is 0 Å². The number of thioether (sulfide) groups is 1. The van der Waals surface area contributed by atoms with Gasteiger partial charge in [0.25, 0.3) is 0 Å². The molecule has 0 aromatic heterocycles. The molecular weight excluding hydrogens is 284 g/mol. The van der Waals surface area contributed by atoms with Crippen molar-refractivity contribution < 1.29 is 0 Å². The Bertz CT molecular complexity index is 320. The lowest BCUT2D eigenvalue weighted by molar-refractivity contribution is 0.543. The highest BCUT2D eigenvalue weighted by atomic mass is 32.2. The van der Waals surface area contributed by atoms with Gasteiger partial charge in [0.2, 0.25) is 0 Å². The lowest BCUT2D eigenvalue weighted by atomic mass is 10.1. The van der Waals surface area contributed by atoms with Crippen molar-refractivity contribution in [2.75, 3.05) is 5.75 Å². The molecule has 1 aromatic carbocycles. The minimum atomic E-state index is 1.28. The van der Waals surface area contributed by atoms with E-state index in [0.717, 1.165) is 0 Å². The normalized spacial score (nSPS) is 11.0. The van der Waals surface area contributed by atoms with Gasteiger partial charge in [-0.3, -0.25) is 0 Å². The second-order valence-electron chi connectivity index (χ2n) is 6.40. The summed E-state index contributed by atoms with van der Waals surface area (Å²) in [5.74, 6) is 1.28. The van der Waals surface area contributed by atoms with Crippen LogP contribution in [0.15, 0.2) is 35.2 Å². The molecule has 126 valence electrons. The lowest BCUT2D eigenvalue weighted by Gasteiger charge is -2.03. The van der Waals surface area contributed by atoms with Crippen LogP contribution in [0, 0.1) is 0 Å². The summed E-state index contributed by atoms with van der Waals surface area (Å²) in [5, 5.41) is 0. The zero-order chi connectivity index (χ0) is 15.7. The van der Waals surface area contributed by atoms with Crippen molar-refractivity contribution in [2.24, 2.45) is 0 Å². The summed E-state index contributed by atoms with van der Waals surface area (Å²) in [5.41, 5.74) is 0. The van der Waals surface area contributed by atoms with Crippen LogP contribution in [-0.4, -0.2) is 5.75 Å². The fourth-order valence-corrected chi connectivity index (χ4v) is 3.76. The van der Waals surface area contributed by atoms with Gasteiger partial charge in [0, 0.05) is 4.90 Å². The van der Waals surface area contributed by atoms with E-state index in [4.69, 9.17) is 0 Å². The number of hydrogen-bond donors (Lipinski definition) is 0. The molecule has 1 heteroatoms. The van der Waals surface area contributed by atoms with Crippen molar-refractivity contribution in [3.05, 3.63) is 30.3 Å². The maximum absolute atomic E-state index is 2.29. The Morgan fingerprint density at radius 2 is 1.05 bits per heavy atom. The Kier molecular flexibility index (Phi) is 13.8. The van der Waals surface area contributed by atoms with Crippen molar-refractivity contribution in [1.82, 2.24) is 0 Å². The summed E-state index contributed by atoms with van der Waals surface area (Å²) in [7, 11) is 0. The standard InChI is InChI=1S/C21H36S/c1-2-3-4-5-6-7-8-9-10-11-12-13-17-20-22-21-18-15-14-16-19-21/h14-16,18-19H,2-13,17,20H2,1H3. The molecule has 0 saturated carbocycles. The molecule has 0 aliphatic rings. The van der Waals surface area contributed by atoms with Crippen molar-refractivity contribution in [2.45, 2.75) is 95.3 Å². The quantitative estimate of drug-likeness (QED) is 0.234. The third kappa shape index (κ3) is 12.1. The van der Waals surface area contributed by atoms with Crippen molar-refractivity contribution in [1.29, 1.82) is 0 Å². The van der Waals surface area contributed by atoms with E-state index in [1.807, 2.05) is 11.8 Å². The number of unbranched alkanes of at least 4 members (excludes halogenated alkanes) is 12. The maximum atomic E-state index is 2.29. The second kappa shape index (κ2) is 15.5. The molecular formula is C21H36S. The van der Waals surface area contributed by atoms with Crippen LogP contribution in [0.5, 0.6) is 0 Å². The van der Waals surface area contributed by atoms with Crippen LogP contribution in [0.4, 0.5) is 0 Å². The van der Waals surface area contributed by atoms with E-state index < -0.39 is 0 Å². The van der Waals surface area contributed by atoms with Gasteiger partial charge in [0.15, 0.2) is 0 Å². The van der Waals surface area contributed by atoms with Crippen LogP contribution < -0.4 is 0 Å². The number of rotatable bonds is 15. The molecule has 0 atom stereocenters. The SMILES string of the molecule is CCCCCCCCCCCCCCCSc1ccccc1. The number of hydrogen-bond acceptors (Lipinski definition) is 1. The molecule has 0 aliphatic heterocycles. The summed E-state index contributed by atoms with van der Waals surface area (Å²) < 4.78 is 0. The molecule has 0 bridgehead atoms. The van der Waals surface area contributed by atoms with Crippen LogP contribution in [0.3, 0.4) is 0 Å². The monoisotopic (exact) mass is 320 g/mol. The molecule has 0 amide bonds. The third-order valence-corrected chi connectivity index (χ3v) is 5.36. The summed E-state index contributed by atoms with van der Waals surface area (Å²) in [4.78, 5) is 1.42. The Morgan fingerprint density at radius 1 is 0.591 bits per heavy atom. The highest BCUT2D eigenvalue weighted by Crippen LogP contribution is 2.19. The molecule has 22 heavy (non-hydrogen) atoms. The van der Waals surface area contributed by atoms with Crippen molar-refractivity contribution in [3.8, 4) is 0 Å². The van der Waals surface area contributed by atoms with E-state index in [2.05, 4.69) is 37.3 Å². The molecule has 0 nitrogen and oxygen atoms in total. The van der Waals surface area contributed by atoms with Crippen LogP contribution in [0.1, 0.15) is 90.4 Å². The van der Waals surface area contributed by atoms with E-state index >= 15 is 0 Å². The second-order valence-corrected chi connectivity index (χ2v) is 7.57. The average Bonchev–Trinajstić information content (AvgIpc) is 2.56. The molecule has 1 aromatic rings. The molecule has 0 aliphatic carbocycles. The topological polar surface area (TPSA) is 0 Å².